The first-order chi connectivity index (χ1) is 11.2. The minimum Gasteiger partial charge on any atom is -0.366 e. The molecule has 3 rings (SSSR count). The van der Waals surface area contributed by atoms with Crippen LogP contribution < -0.4 is 10.6 Å². The quantitative estimate of drug-likeness (QED) is 0.908. The van der Waals surface area contributed by atoms with Crippen molar-refractivity contribution in [2.45, 2.75) is 39.2 Å². The van der Waals surface area contributed by atoms with Crippen molar-refractivity contribution in [3.05, 3.63) is 29.7 Å². The molecule has 120 valence electrons. The molecule has 0 aromatic carbocycles. The lowest BCUT2D eigenvalue weighted by atomic mass is 10.0. The number of nitrogens with zero attached hydrogens (tertiary/aromatic N) is 3. The van der Waals surface area contributed by atoms with Gasteiger partial charge in [-0.2, -0.15) is 5.26 Å². The zero-order chi connectivity index (χ0) is 16.2. The summed E-state index contributed by atoms with van der Waals surface area (Å²) in [7, 11) is 0. The summed E-state index contributed by atoms with van der Waals surface area (Å²) in [5.41, 5.74) is 1.45. The second-order valence-corrected chi connectivity index (χ2v) is 6.64. The fourth-order valence-corrected chi connectivity index (χ4v) is 3.08. The van der Waals surface area contributed by atoms with Gasteiger partial charge >= 0.3 is 0 Å². The average Bonchev–Trinajstić information content (AvgIpc) is 2.55. The van der Waals surface area contributed by atoms with Crippen molar-refractivity contribution in [3.8, 4) is 6.07 Å². The summed E-state index contributed by atoms with van der Waals surface area (Å²) in [4.78, 5) is 9.04. The van der Waals surface area contributed by atoms with Crippen LogP contribution in [0.25, 0.3) is 10.8 Å². The van der Waals surface area contributed by atoms with Gasteiger partial charge in [0.15, 0.2) is 0 Å². The van der Waals surface area contributed by atoms with E-state index in [1.807, 2.05) is 12.3 Å². The van der Waals surface area contributed by atoms with Crippen molar-refractivity contribution >= 4 is 16.6 Å². The molecule has 1 saturated heterocycles. The highest BCUT2D eigenvalue weighted by atomic mass is 15.1. The minimum absolute atomic E-state index is 0.425. The molecule has 1 aliphatic rings. The molecule has 1 aliphatic heterocycles. The van der Waals surface area contributed by atoms with Gasteiger partial charge in [0.1, 0.15) is 17.6 Å². The molecule has 0 aliphatic carbocycles. The zero-order valence-corrected chi connectivity index (χ0v) is 13.8. The Labute approximate surface area is 137 Å². The van der Waals surface area contributed by atoms with E-state index in [1.165, 1.54) is 6.42 Å². The highest BCUT2D eigenvalue weighted by Crippen LogP contribution is 2.23. The summed E-state index contributed by atoms with van der Waals surface area (Å²) >= 11 is 0. The molecule has 5 heteroatoms. The monoisotopic (exact) mass is 309 g/mol. The van der Waals surface area contributed by atoms with Crippen molar-refractivity contribution < 1.29 is 0 Å². The molecule has 5 nitrogen and oxygen atoms in total. The standard InChI is InChI=1S/C18H23N5/c1-12(2)6-17-16-8-18(23-14-4-3-5-20-11-14)21-10-13(16)7-15(9-19)22-17/h7-8,10,12,14,20H,3-6,11H2,1-2H3,(H,21,23)/t14-/m0/s1. The number of hydrogen-bond donors (Lipinski definition) is 2. The summed E-state index contributed by atoms with van der Waals surface area (Å²) in [6.45, 7) is 6.41. The first kappa shape index (κ1) is 15.7. The lowest BCUT2D eigenvalue weighted by Crippen LogP contribution is -2.38. The number of hydrogen-bond acceptors (Lipinski definition) is 5. The Kier molecular flexibility index (Phi) is 4.73. The molecule has 0 bridgehead atoms. The Morgan fingerprint density at radius 1 is 1.43 bits per heavy atom. The second-order valence-electron chi connectivity index (χ2n) is 6.64. The van der Waals surface area contributed by atoms with E-state index in [-0.39, 0.29) is 0 Å². The van der Waals surface area contributed by atoms with Gasteiger partial charge in [-0.15, -0.1) is 0 Å². The van der Waals surface area contributed by atoms with Crippen LogP contribution in [0.15, 0.2) is 18.3 Å². The molecule has 0 radical (unpaired) electrons. The normalized spacial score (nSPS) is 18.1. The van der Waals surface area contributed by atoms with Crippen molar-refractivity contribution in [1.29, 1.82) is 5.26 Å². The number of pyridine rings is 2. The Morgan fingerprint density at radius 3 is 3.00 bits per heavy atom. The third kappa shape index (κ3) is 3.77. The number of aromatic nitrogens is 2. The molecule has 1 fully saturated rings. The van der Waals surface area contributed by atoms with Gasteiger partial charge < -0.3 is 10.6 Å². The van der Waals surface area contributed by atoms with Gasteiger partial charge in [-0.3, -0.25) is 0 Å². The molecule has 23 heavy (non-hydrogen) atoms. The maximum absolute atomic E-state index is 9.17. The van der Waals surface area contributed by atoms with Gasteiger partial charge in [0.2, 0.25) is 0 Å². The molecular formula is C18H23N5. The van der Waals surface area contributed by atoms with Crippen LogP contribution in [0, 0.1) is 17.2 Å². The molecule has 0 saturated carbocycles. The summed E-state index contributed by atoms with van der Waals surface area (Å²) in [6.07, 6.45) is 5.06. The van der Waals surface area contributed by atoms with Crippen LogP contribution in [0.4, 0.5) is 5.82 Å². The van der Waals surface area contributed by atoms with E-state index < -0.39 is 0 Å². The van der Waals surface area contributed by atoms with Crippen molar-refractivity contribution in [2.75, 3.05) is 18.4 Å². The Morgan fingerprint density at radius 2 is 2.30 bits per heavy atom. The molecule has 3 heterocycles. The highest BCUT2D eigenvalue weighted by Gasteiger charge is 2.14. The SMILES string of the molecule is CC(C)Cc1nc(C#N)cc2cnc(N[C@H]3CCCNC3)cc12. The molecule has 0 unspecified atom stereocenters. The van der Waals surface area contributed by atoms with Crippen molar-refractivity contribution in [2.24, 2.45) is 5.92 Å². The third-order valence-corrected chi connectivity index (χ3v) is 4.16. The maximum atomic E-state index is 9.17. The average molecular weight is 309 g/mol. The van der Waals surface area contributed by atoms with E-state index in [4.69, 9.17) is 0 Å². The van der Waals surface area contributed by atoms with Crippen LogP contribution in [-0.2, 0) is 6.42 Å². The molecule has 2 aromatic heterocycles. The maximum Gasteiger partial charge on any atom is 0.141 e. The lowest BCUT2D eigenvalue weighted by Gasteiger charge is -2.24. The van der Waals surface area contributed by atoms with Crippen LogP contribution >= 0.6 is 0 Å². The molecule has 0 spiro atoms. The van der Waals surface area contributed by atoms with Crippen LogP contribution in [0.2, 0.25) is 0 Å². The van der Waals surface area contributed by atoms with E-state index in [2.05, 4.69) is 46.6 Å². The van der Waals surface area contributed by atoms with Crippen LogP contribution in [0.3, 0.4) is 0 Å². The fourth-order valence-electron chi connectivity index (χ4n) is 3.08. The molecule has 2 N–H and O–H groups in total. The summed E-state index contributed by atoms with van der Waals surface area (Å²) in [5.74, 6) is 1.38. The van der Waals surface area contributed by atoms with Gasteiger partial charge in [0.25, 0.3) is 0 Å². The lowest BCUT2D eigenvalue weighted by molar-refractivity contribution is 0.479. The van der Waals surface area contributed by atoms with E-state index in [0.29, 0.717) is 17.7 Å². The van der Waals surface area contributed by atoms with Gasteiger partial charge in [-0.05, 0) is 43.9 Å². The van der Waals surface area contributed by atoms with E-state index in [9.17, 15) is 5.26 Å². The van der Waals surface area contributed by atoms with Gasteiger partial charge in [0, 0.05) is 29.6 Å². The van der Waals surface area contributed by atoms with Crippen LogP contribution in [-0.4, -0.2) is 29.1 Å². The first-order valence-corrected chi connectivity index (χ1v) is 8.32. The molecule has 1 atom stereocenters. The fraction of sp³-hybridized carbons (Fsp3) is 0.500. The Bertz CT molecular complexity index is 726. The largest absolute Gasteiger partial charge is 0.366 e. The van der Waals surface area contributed by atoms with Gasteiger partial charge in [0.05, 0.1) is 5.69 Å². The van der Waals surface area contributed by atoms with Crippen molar-refractivity contribution in [3.63, 3.8) is 0 Å². The predicted molar refractivity (Wildman–Crippen MR) is 92.3 cm³/mol. The van der Waals surface area contributed by atoms with Gasteiger partial charge in [-0.25, -0.2) is 9.97 Å². The molecular weight excluding hydrogens is 286 g/mol. The number of nitriles is 1. The van der Waals surface area contributed by atoms with E-state index >= 15 is 0 Å². The summed E-state index contributed by atoms with van der Waals surface area (Å²) < 4.78 is 0. The van der Waals surface area contributed by atoms with E-state index in [1.54, 1.807) is 0 Å². The van der Waals surface area contributed by atoms with Gasteiger partial charge in [-0.1, -0.05) is 13.8 Å². The third-order valence-electron chi connectivity index (χ3n) is 4.16. The highest BCUT2D eigenvalue weighted by molar-refractivity contribution is 5.86. The molecule has 0 amide bonds. The Balaban J connectivity index is 1.94. The van der Waals surface area contributed by atoms with Crippen LogP contribution in [0.1, 0.15) is 38.1 Å². The summed E-state index contributed by atoms with van der Waals surface area (Å²) in [6, 6.07) is 6.47. The second kappa shape index (κ2) is 6.93. The Hall–Kier alpha value is -2.19. The number of anilines is 1. The number of rotatable bonds is 4. The topological polar surface area (TPSA) is 73.6 Å². The number of fused-ring (bicyclic) bond motifs is 1. The zero-order valence-electron chi connectivity index (χ0n) is 13.8. The number of piperidine rings is 1. The smallest absolute Gasteiger partial charge is 0.141 e. The summed E-state index contributed by atoms with van der Waals surface area (Å²) in [5, 5.41) is 18.2. The van der Waals surface area contributed by atoms with Crippen LogP contribution in [0.5, 0.6) is 0 Å². The predicted octanol–water partition coefficient (Wildman–Crippen LogP) is 2.86. The van der Waals surface area contributed by atoms with E-state index in [0.717, 1.165) is 48.2 Å². The first-order valence-electron chi connectivity index (χ1n) is 8.32. The van der Waals surface area contributed by atoms with Crippen molar-refractivity contribution in [1.82, 2.24) is 15.3 Å². The number of nitrogens with one attached hydrogen (secondary N) is 2. The minimum atomic E-state index is 0.425. The molecule has 2 aromatic rings.